The highest BCUT2D eigenvalue weighted by Crippen LogP contribution is 2.25. The quantitative estimate of drug-likeness (QED) is 0.831. The van der Waals surface area contributed by atoms with Gasteiger partial charge in [0.05, 0.1) is 12.1 Å². The Bertz CT molecular complexity index is 391. The number of nitrogens with one attached hydrogen (secondary N) is 1. The Morgan fingerprint density at radius 2 is 1.91 bits per heavy atom. The van der Waals surface area contributed by atoms with Crippen LogP contribution in [-0.4, -0.2) is 47.2 Å². The average molecular weight is 313 g/mol. The molecule has 2 unspecified atom stereocenters. The molecule has 0 aromatic heterocycles. The van der Waals surface area contributed by atoms with Crippen molar-refractivity contribution in [2.45, 2.75) is 84.0 Å². The summed E-state index contributed by atoms with van der Waals surface area (Å²) in [6, 6.07) is -0.629. The van der Waals surface area contributed by atoms with Crippen LogP contribution in [-0.2, 0) is 9.53 Å². The van der Waals surface area contributed by atoms with Gasteiger partial charge in [-0.15, -0.1) is 0 Å². The molecule has 1 saturated carbocycles. The number of nitrogens with zero attached hydrogens (tertiary/aromatic N) is 1. The zero-order valence-electron chi connectivity index (χ0n) is 14.5. The third kappa shape index (κ3) is 5.48. The Hall–Kier alpha value is -1.30. The van der Waals surface area contributed by atoms with Crippen LogP contribution in [0.4, 0.5) is 4.79 Å². The maximum atomic E-state index is 12.4. The molecule has 1 aliphatic carbocycles. The molecule has 1 fully saturated rings. The van der Waals surface area contributed by atoms with Crippen LogP contribution in [0, 0.1) is 0 Å². The summed E-state index contributed by atoms with van der Waals surface area (Å²) in [5.41, 5.74) is 5.11. The molecule has 0 saturated heterocycles. The molecule has 0 radical (unpaired) electrons. The van der Waals surface area contributed by atoms with Crippen LogP contribution in [0.5, 0.6) is 0 Å². The number of amides is 2. The summed E-state index contributed by atoms with van der Waals surface area (Å²) in [5.74, 6) is -0.169. The molecule has 6 heteroatoms. The van der Waals surface area contributed by atoms with E-state index in [-0.39, 0.29) is 24.1 Å². The van der Waals surface area contributed by atoms with Gasteiger partial charge in [0.25, 0.3) is 0 Å². The molecule has 1 rings (SSSR count). The van der Waals surface area contributed by atoms with Gasteiger partial charge in [-0.2, -0.15) is 0 Å². The van der Waals surface area contributed by atoms with E-state index in [1.54, 1.807) is 11.8 Å². The van der Waals surface area contributed by atoms with Crippen molar-refractivity contribution in [1.29, 1.82) is 0 Å². The summed E-state index contributed by atoms with van der Waals surface area (Å²) >= 11 is 0. The van der Waals surface area contributed by atoms with Crippen molar-refractivity contribution in [3.05, 3.63) is 0 Å². The van der Waals surface area contributed by atoms with Crippen molar-refractivity contribution in [2.24, 2.45) is 5.73 Å². The van der Waals surface area contributed by atoms with E-state index in [0.717, 1.165) is 25.7 Å². The lowest BCUT2D eigenvalue weighted by molar-refractivity contribution is -0.123. The summed E-state index contributed by atoms with van der Waals surface area (Å²) in [4.78, 5) is 26.0. The van der Waals surface area contributed by atoms with Crippen molar-refractivity contribution in [3.8, 4) is 0 Å². The number of nitrogens with two attached hydrogens (primary N) is 1. The number of ether oxygens (including phenoxy) is 1. The molecular formula is C16H31N3O3. The molecule has 0 bridgehead atoms. The highest BCUT2D eigenvalue weighted by molar-refractivity contribution is 5.81. The first-order valence-electron chi connectivity index (χ1n) is 8.21. The number of hydrogen-bond donors (Lipinski definition) is 2. The lowest BCUT2D eigenvalue weighted by Gasteiger charge is -2.40. The Balaban J connectivity index is 2.81. The molecule has 0 aromatic rings. The van der Waals surface area contributed by atoms with E-state index < -0.39 is 11.6 Å². The molecule has 3 N–H and O–H groups in total. The lowest BCUT2D eigenvalue weighted by atomic mass is 9.89. The van der Waals surface area contributed by atoms with Crippen molar-refractivity contribution in [1.82, 2.24) is 10.2 Å². The van der Waals surface area contributed by atoms with Crippen molar-refractivity contribution < 1.29 is 14.3 Å². The van der Waals surface area contributed by atoms with Crippen LogP contribution < -0.4 is 11.1 Å². The van der Waals surface area contributed by atoms with E-state index in [9.17, 15) is 9.59 Å². The third-order valence-electron chi connectivity index (χ3n) is 3.84. The fourth-order valence-corrected chi connectivity index (χ4v) is 2.79. The van der Waals surface area contributed by atoms with Gasteiger partial charge in [0, 0.05) is 12.6 Å². The maximum Gasteiger partial charge on any atom is 0.410 e. The highest BCUT2D eigenvalue weighted by Gasteiger charge is 2.35. The largest absolute Gasteiger partial charge is 0.444 e. The molecule has 0 aliphatic heterocycles. The van der Waals surface area contributed by atoms with Crippen molar-refractivity contribution >= 4 is 12.0 Å². The van der Waals surface area contributed by atoms with Gasteiger partial charge in [-0.05, 0) is 47.5 Å². The number of hydrogen-bond acceptors (Lipinski definition) is 4. The van der Waals surface area contributed by atoms with Crippen LogP contribution >= 0.6 is 0 Å². The van der Waals surface area contributed by atoms with Gasteiger partial charge < -0.3 is 20.7 Å². The molecule has 22 heavy (non-hydrogen) atoms. The zero-order valence-corrected chi connectivity index (χ0v) is 14.5. The smallest absolute Gasteiger partial charge is 0.410 e. The normalized spacial score (nSPS) is 23.5. The minimum atomic E-state index is -0.542. The SMILES string of the molecule is CCN(C(=O)OC(C)(C)C)C1CCCCC1NC(=O)[C@H](C)N. The van der Waals surface area contributed by atoms with Crippen molar-refractivity contribution in [2.75, 3.05) is 6.54 Å². The van der Waals surface area contributed by atoms with Gasteiger partial charge >= 0.3 is 6.09 Å². The fraction of sp³-hybridized carbons (Fsp3) is 0.875. The first-order chi connectivity index (χ1) is 10.2. The molecule has 6 nitrogen and oxygen atoms in total. The zero-order chi connectivity index (χ0) is 16.9. The average Bonchev–Trinajstić information content (AvgIpc) is 2.39. The molecule has 0 aromatic carbocycles. The van der Waals surface area contributed by atoms with E-state index in [2.05, 4.69) is 5.32 Å². The Kier molecular flexibility index (Phi) is 6.66. The first kappa shape index (κ1) is 18.7. The predicted molar refractivity (Wildman–Crippen MR) is 86.5 cm³/mol. The van der Waals surface area contributed by atoms with Crippen LogP contribution in [0.3, 0.4) is 0 Å². The number of rotatable bonds is 4. The second-order valence-corrected chi connectivity index (χ2v) is 7.02. The molecule has 1 aliphatic rings. The van der Waals surface area contributed by atoms with E-state index in [4.69, 9.17) is 10.5 Å². The number of carbonyl (C=O) groups is 2. The van der Waals surface area contributed by atoms with E-state index in [1.165, 1.54) is 0 Å². The number of likely N-dealkylation sites (N-methyl/N-ethyl adjacent to an activating group) is 1. The number of carbonyl (C=O) groups excluding carboxylic acids is 2. The predicted octanol–water partition coefficient (Wildman–Crippen LogP) is 2.02. The van der Waals surface area contributed by atoms with E-state index in [0.29, 0.717) is 6.54 Å². The Morgan fingerprint density at radius 3 is 2.41 bits per heavy atom. The van der Waals surface area contributed by atoms with Crippen LogP contribution in [0.2, 0.25) is 0 Å². The molecule has 2 amide bonds. The summed E-state index contributed by atoms with van der Waals surface area (Å²) < 4.78 is 5.49. The fourth-order valence-electron chi connectivity index (χ4n) is 2.79. The van der Waals surface area contributed by atoms with Gasteiger partial charge in [0.1, 0.15) is 5.60 Å². The Morgan fingerprint density at radius 1 is 1.32 bits per heavy atom. The van der Waals surface area contributed by atoms with Gasteiger partial charge in [0.2, 0.25) is 5.91 Å². The first-order valence-corrected chi connectivity index (χ1v) is 8.21. The van der Waals surface area contributed by atoms with Crippen molar-refractivity contribution in [3.63, 3.8) is 0 Å². The van der Waals surface area contributed by atoms with Crippen LogP contribution in [0.15, 0.2) is 0 Å². The monoisotopic (exact) mass is 313 g/mol. The highest BCUT2D eigenvalue weighted by atomic mass is 16.6. The standard InChI is InChI=1S/C16H31N3O3/c1-6-19(15(21)22-16(3,4)5)13-10-8-7-9-12(13)18-14(20)11(2)17/h11-13H,6-10,17H2,1-5H3,(H,18,20)/t11-,12?,13?/m0/s1. The molecular weight excluding hydrogens is 282 g/mol. The molecule has 0 spiro atoms. The molecule has 128 valence electrons. The van der Waals surface area contributed by atoms with Gasteiger partial charge in [-0.1, -0.05) is 12.8 Å². The van der Waals surface area contributed by atoms with Crippen LogP contribution in [0.1, 0.15) is 60.3 Å². The minimum Gasteiger partial charge on any atom is -0.444 e. The minimum absolute atomic E-state index is 0.0312. The van der Waals surface area contributed by atoms with E-state index >= 15 is 0 Å². The Labute approximate surface area is 133 Å². The summed E-state index contributed by atoms with van der Waals surface area (Å²) in [5, 5.41) is 2.99. The van der Waals surface area contributed by atoms with Gasteiger partial charge in [-0.25, -0.2) is 4.79 Å². The van der Waals surface area contributed by atoms with Crippen LogP contribution in [0.25, 0.3) is 0 Å². The topological polar surface area (TPSA) is 84.7 Å². The molecule has 3 atom stereocenters. The summed E-state index contributed by atoms with van der Waals surface area (Å²) in [6.07, 6.45) is 3.52. The van der Waals surface area contributed by atoms with E-state index in [1.807, 2.05) is 27.7 Å². The maximum absolute atomic E-state index is 12.4. The lowest BCUT2D eigenvalue weighted by Crippen LogP contribution is -2.57. The summed E-state index contributed by atoms with van der Waals surface area (Å²) in [6.45, 7) is 9.73. The second-order valence-electron chi connectivity index (χ2n) is 7.02. The molecule has 0 heterocycles. The second kappa shape index (κ2) is 7.81. The van der Waals surface area contributed by atoms with Gasteiger partial charge in [-0.3, -0.25) is 4.79 Å². The third-order valence-corrected chi connectivity index (χ3v) is 3.84. The summed E-state index contributed by atoms with van der Waals surface area (Å²) in [7, 11) is 0. The van der Waals surface area contributed by atoms with Gasteiger partial charge in [0.15, 0.2) is 0 Å².